The van der Waals surface area contributed by atoms with Gasteiger partial charge in [0.1, 0.15) is 12.3 Å². The number of aromatic nitrogens is 2. The standard InChI is InChI=1S/C20H23N5O2S/c1-3-4-9-27-17-13-22-16(12-23-17)18(26)24-15-7-5-6-14(11-15)20(2)8-10-28-19(21)25-20/h3-7,11-13H,8-10H2,1-2H3,(H2,21,25)(H,24,26)/t20-/m0/s1. The van der Waals surface area contributed by atoms with Gasteiger partial charge in [0.25, 0.3) is 5.91 Å². The van der Waals surface area contributed by atoms with Crippen LogP contribution in [0, 0.1) is 0 Å². The molecule has 0 radical (unpaired) electrons. The molecular formula is C20H23N5O2S. The highest BCUT2D eigenvalue weighted by molar-refractivity contribution is 8.13. The number of hydrogen-bond donors (Lipinski definition) is 2. The number of nitrogens with two attached hydrogens (primary N) is 1. The molecule has 146 valence electrons. The number of carbonyl (C=O) groups excluding carboxylic acids is 1. The number of ether oxygens (including phenoxy) is 1. The van der Waals surface area contributed by atoms with Gasteiger partial charge in [-0.05, 0) is 38.0 Å². The monoisotopic (exact) mass is 397 g/mol. The van der Waals surface area contributed by atoms with Gasteiger partial charge in [0.15, 0.2) is 5.17 Å². The van der Waals surface area contributed by atoms with Crippen molar-refractivity contribution in [3.63, 3.8) is 0 Å². The molecule has 7 nitrogen and oxygen atoms in total. The SMILES string of the molecule is CC=CCOc1cnc(C(=O)Nc2cccc([C@]3(C)CCSC(N)=N3)c2)cn1. The van der Waals surface area contributed by atoms with E-state index in [4.69, 9.17) is 10.5 Å². The highest BCUT2D eigenvalue weighted by Crippen LogP contribution is 2.35. The molecule has 2 heterocycles. The Labute approximate surface area is 168 Å². The summed E-state index contributed by atoms with van der Waals surface area (Å²) in [7, 11) is 0. The molecular weight excluding hydrogens is 374 g/mol. The Balaban J connectivity index is 1.70. The fraction of sp³-hybridized carbons (Fsp3) is 0.300. The van der Waals surface area contributed by atoms with Gasteiger partial charge in [-0.2, -0.15) is 0 Å². The van der Waals surface area contributed by atoms with E-state index in [1.54, 1.807) is 11.8 Å². The molecule has 0 saturated heterocycles. The Morgan fingerprint density at radius 1 is 1.39 bits per heavy atom. The van der Waals surface area contributed by atoms with Gasteiger partial charge in [0.2, 0.25) is 5.88 Å². The molecule has 0 aliphatic carbocycles. The van der Waals surface area contributed by atoms with Crippen LogP contribution in [0.3, 0.4) is 0 Å². The Bertz CT molecular complexity index is 898. The maximum Gasteiger partial charge on any atom is 0.275 e. The molecule has 3 N–H and O–H groups in total. The third-order valence-electron chi connectivity index (χ3n) is 4.36. The molecule has 1 aromatic carbocycles. The Hall–Kier alpha value is -2.87. The molecule has 0 saturated carbocycles. The van der Waals surface area contributed by atoms with Crippen molar-refractivity contribution in [2.75, 3.05) is 17.7 Å². The second-order valence-corrected chi connectivity index (χ2v) is 7.59. The average Bonchev–Trinajstić information content (AvgIpc) is 2.69. The van der Waals surface area contributed by atoms with Crippen LogP contribution in [0.4, 0.5) is 5.69 Å². The molecule has 8 heteroatoms. The van der Waals surface area contributed by atoms with Gasteiger partial charge >= 0.3 is 0 Å². The predicted molar refractivity (Wildman–Crippen MR) is 113 cm³/mol. The van der Waals surface area contributed by atoms with Crippen molar-refractivity contribution in [1.82, 2.24) is 9.97 Å². The topological polar surface area (TPSA) is 102 Å². The zero-order chi connectivity index (χ0) is 20.0. The lowest BCUT2D eigenvalue weighted by Crippen LogP contribution is -2.28. The predicted octanol–water partition coefficient (Wildman–Crippen LogP) is 3.35. The highest BCUT2D eigenvalue weighted by atomic mass is 32.2. The summed E-state index contributed by atoms with van der Waals surface area (Å²) in [4.78, 5) is 25.3. The smallest absolute Gasteiger partial charge is 0.275 e. The van der Waals surface area contributed by atoms with Gasteiger partial charge in [-0.3, -0.25) is 9.79 Å². The number of amidine groups is 1. The first-order valence-corrected chi connectivity index (χ1v) is 9.95. The summed E-state index contributed by atoms with van der Waals surface area (Å²) in [5, 5.41) is 3.45. The van der Waals surface area contributed by atoms with Crippen molar-refractivity contribution >= 4 is 28.5 Å². The average molecular weight is 398 g/mol. The number of carbonyl (C=O) groups is 1. The van der Waals surface area contributed by atoms with Crippen LogP contribution in [0.15, 0.2) is 53.8 Å². The second-order valence-electron chi connectivity index (χ2n) is 6.48. The largest absolute Gasteiger partial charge is 0.472 e. The lowest BCUT2D eigenvalue weighted by Gasteiger charge is -2.30. The Kier molecular flexibility index (Phi) is 6.30. The van der Waals surface area contributed by atoms with Crippen molar-refractivity contribution in [3.05, 3.63) is 60.1 Å². The minimum atomic E-state index is -0.387. The van der Waals surface area contributed by atoms with E-state index in [-0.39, 0.29) is 17.1 Å². The van der Waals surface area contributed by atoms with Gasteiger partial charge in [0, 0.05) is 11.4 Å². The molecule has 1 atom stereocenters. The van der Waals surface area contributed by atoms with Crippen LogP contribution in [-0.2, 0) is 5.54 Å². The van der Waals surface area contributed by atoms with Gasteiger partial charge in [-0.25, -0.2) is 9.97 Å². The fourth-order valence-electron chi connectivity index (χ4n) is 2.76. The molecule has 3 rings (SSSR count). The molecule has 28 heavy (non-hydrogen) atoms. The van der Waals surface area contributed by atoms with Gasteiger partial charge in [-0.15, -0.1) is 0 Å². The first-order valence-electron chi connectivity index (χ1n) is 8.96. The van der Waals surface area contributed by atoms with E-state index >= 15 is 0 Å². The number of hydrogen-bond acceptors (Lipinski definition) is 7. The minimum Gasteiger partial charge on any atom is -0.472 e. The number of thioether (sulfide) groups is 1. The van der Waals surface area contributed by atoms with Crippen LogP contribution in [0.1, 0.15) is 36.3 Å². The van der Waals surface area contributed by atoms with Gasteiger partial charge in [0.05, 0.1) is 17.9 Å². The van der Waals surface area contributed by atoms with Crippen molar-refractivity contribution in [2.45, 2.75) is 25.8 Å². The first-order chi connectivity index (χ1) is 13.5. The van der Waals surface area contributed by atoms with Crippen molar-refractivity contribution in [2.24, 2.45) is 10.7 Å². The van der Waals surface area contributed by atoms with Crippen molar-refractivity contribution < 1.29 is 9.53 Å². The van der Waals surface area contributed by atoms with Crippen LogP contribution in [0.5, 0.6) is 5.88 Å². The summed E-state index contributed by atoms with van der Waals surface area (Å²) in [6.45, 7) is 4.37. The second kappa shape index (κ2) is 8.88. The summed E-state index contributed by atoms with van der Waals surface area (Å²) >= 11 is 1.56. The number of rotatable bonds is 6. The zero-order valence-corrected chi connectivity index (χ0v) is 16.7. The number of anilines is 1. The molecule has 2 aromatic rings. The number of allylic oxidation sites excluding steroid dienone is 1. The van der Waals surface area contributed by atoms with E-state index in [0.717, 1.165) is 17.7 Å². The lowest BCUT2D eigenvalue weighted by molar-refractivity contribution is 0.102. The van der Waals surface area contributed by atoms with E-state index in [1.807, 2.05) is 43.3 Å². The summed E-state index contributed by atoms with van der Waals surface area (Å²) in [6, 6.07) is 7.65. The molecule has 0 unspecified atom stereocenters. The number of benzene rings is 1. The normalized spacial score (nSPS) is 19.3. The highest BCUT2D eigenvalue weighted by Gasteiger charge is 2.29. The van der Waals surface area contributed by atoms with Gasteiger partial charge < -0.3 is 15.8 Å². The van der Waals surface area contributed by atoms with E-state index < -0.39 is 0 Å². The van der Waals surface area contributed by atoms with Crippen molar-refractivity contribution in [1.29, 1.82) is 0 Å². The van der Waals surface area contributed by atoms with E-state index in [2.05, 4.69) is 27.2 Å². The quantitative estimate of drug-likeness (QED) is 0.725. The summed E-state index contributed by atoms with van der Waals surface area (Å²) in [5.74, 6) is 0.952. The summed E-state index contributed by atoms with van der Waals surface area (Å²) < 4.78 is 5.39. The van der Waals surface area contributed by atoms with Crippen LogP contribution >= 0.6 is 11.8 Å². The number of nitrogens with one attached hydrogen (secondary N) is 1. The Morgan fingerprint density at radius 2 is 2.25 bits per heavy atom. The molecule has 0 fully saturated rings. The molecule has 0 spiro atoms. The van der Waals surface area contributed by atoms with Crippen LogP contribution in [-0.4, -0.2) is 33.4 Å². The fourth-order valence-corrected chi connectivity index (χ4v) is 3.73. The molecule has 1 aliphatic heterocycles. The molecule has 1 aliphatic rings. The van der Waals surface area contributed by atoms with Crippen LogP contribution in [0.25, 0.3) is 0 Å². The maximum atomic E-state index is 12.5. The van der Waals surface area contributed by atoms with Gasteiger partial charge in [-0.1, -0.05) is 36.0 Å². The maximum absolute atomic E-state index is 12.5. The third kappa shape index (κ3) is 4.89. The number of amides is 1. The lowest BCUT2D eigenvalue weighted by atomic mass is 9.89. The summed E-state index contributed by atoms with van der Waals surface area (Å²) in [6.07, 6.45) is 7.46. The molecule has 1 aromatic heterocycles. The van der Waals surface area contributed by atoms with Crippen LogP contribution < -0.4 is 15.8 Å². The summed E-state index contributed by atoms with van der Waals surface area (Å²) in [5.41, 5.74) is 7.41. The number of aliphatic imine (C=N–C) groups is 1. The van der Waals surface area contributed by atoms with E-state index in [1.165, 1.54) is 12.4 Å². The number of nitrogens with zero attached hydrogens (tertiary/aromatic N) is 3. The van der Waals surface area contributed by atoms with E-state index in [0.29, 0.717) is 23.3 Å². The minimum absolute atomic E-state index is 0.214. The molecule has 1 amide bonds. The van der Waals surface area contributed by atoms with Crippen molar-refractivity contribution in [3.8, 4) is 5.88 Å². The first kappa shape index (κ1) is 19.9. The van der Waals surface area contributed by atoms with E-state index in [9.17, 15) is 4.79 Å². The van der Waals surface area contributed by atoms with Crippen LogP contribution in [0.2, 0.25) is 0 Å². The Morgan fingerprint density at radius 3 is 2.96 bits per heavy atom. The molecule has 0 bridgehead atoms. The zero-order valence-electron chi connectivity index (χ0n) is 15.9. The third-order valence-corrected chi connectivity index (χ3v) is 5.16.